The Morgan fingerprint density at radius 1 is 1.45 bits per heavy atom. The van der Waals surface area contributed by atoms with Gasteiger partial charge in [0.2, 0.25) is 10.0 Å². The quantitative estimate of drug-likeness (QED) is 0.826. The first-order chi connectivity index (χ1) is 10.3. The van der Waals surface area contributed by atoms with E-state index >= 15 is 0 Å². The van der Waals surface area contributed by atoms with Gasteiger partial charge < -0.3 is 14.6 Å². The molecule has 3 unspecified atom stereocenters. The van der Waals surface area contributed by atoms with E-state index in [1.54, 1.807) is 12.1 Å². The molecule has 120 valence electrons. The molecule has 0 bridgehead atoms. The van der Waals surface area contributed by atoms with Crippen molar-refractivity contribution in [3.05, 3.63) is 23.8 Å². The third-order valence-corrected chi connectivity index (χ3v) is 4.68. The van der Waals surface area contributed by atoms with Crippen LogP contribution in [0.5, 0.6) is 11.5 Å². The lowest BCUT2D eigenvalue weighted by Gasteiger charge is -2.18. The summed E-state index contributed by atoms with van der Waals surface area (Å²) in [7, 11) is -3.29. The number of carboxylic acid groups (broad SMARTS) is 1. The zero-order valence-corrected chi connectivity index (χ0v) is 12.8. The van der Waals surface area contributed by atoms with Crippen LogP contribution in [0.25, 0.3) is 0 Å². The Morgan fingerprint density at radius 2 is 2.23 bits per heavy atom. The fourth-order valence-electron chi connectivity index (χ4n) is 3.24. The Balaban J connectivity index is 1.87. The van der Waals surface area contributed by atoms with Gasteiger partial charge in [0.05, 0.1) is 6.26 Å². The predicted octanol–water partition coefficient (Wildman–Crippen LogP) is 0.706. The summed E-state index contributed by atoms with van der Waals surface area (Å²) in [5.41, 5.74) is 0.867. The van der Waals surface area contributed by atoms with Crippen LogP contribution in [0, 0.1) is 0 Å². The third kappa shape index (κ3) is 2.89. The van der Waals surface area contributed by atoms with Gasteiger partial charge in [-0.25, -0.2) is 17.9 Å². The van der Waals surface area contributed by atoms with Gasteiger partial charge in [0.15, 0.2) is 18.1 Å². The molecule has 1 aromatic carbocycles. The molecular formula is C14H17NO6S. The van der Waals surface area contributed by atoms with Crippen molar-refractivity contribution in [1.82, 2.24) is 4.72 Å². The summed E-state index contributed by atoms with van der Waals surface area (Å²) in [6.45, 7) is -0.444. The molecule has 2 aliphatic rings. The van der Waals surface area contributed by atoms with Crippen molar-refractivity contribution in [2.24, 2.45) is 0 Å². The lowest BCUT2D eigenvalue weighted by molar-refractivity contribution is -0.139. The van der Waals surface area contributed by atoms with Crippen molar-refractivity contribution in [3.63, 3.8) is 0 Å². The molecule has 3 rings (SSSR count). The molecule has 1 saturated carbocycles. The number of carboxylic acids is 1. The summed E-state index contributed by atoms with van der Waals surface area (Å²) in [6.07, 6.45) is 2.49. The number of hydrogen-bond donors (Lipinski definition) is 2. The molecule has 0 spiro atoms. The number of benzene rings is 1. The van der Waals surface area contributed by atoms with Crippen molar-refractivity contribution in [2.45, 2.75) is 30.9 Å². The molecule has 8 heteroatoms. The van der Waals surface area contributed by atoms with E-state index in [0.717, 1.165) is 18.2 Å². The predicted molar refractivity (Wildman–Crippen MR) is 77.7 cm³/mol. The van der Waals surface area contributed by atoms with E-state index in [4.69, 9.17) is 14.6 Å². The SMILES string of the molecule is CS(=O)(=O)NC1CCC2Oc3c(OCC(=O)O)cccc3C12. The van der Waals surface area contributed by atoms with E-state index in [9.17, 15) is 13.2 Å². The normalized spacial score (nSPS) is 26.1. The van der Waals surface area contributed by atoms with Gasteiger partial charge in [-0.2, -0.15) is 0 Å². The number of sulfonamides is 1. The highest BCUT2D eigenvalue weighted by molar-refractivity contribution is 7.88. The minimum atomic E-state index is -3.29. The number of rotatable bonds is 5. The first-order valence-corrected chi connectivity index (χ1v) is 8.86. The van der Waals surface area contributed by atoms with Gasteiger partial charge >= 0.3 is 5.97 Å². The monoisotopic (exact) mass is 327 g/mol. The van der Waals surface area contributed by atoms with Gasteiger partial charge in [-0.1, -0.05) is 12.1 Å². The maximum Gasteiger partial charge on any atom is 0.341 e. The number of para-hydroxylation sites is 1. The van der Waals surface area contributed by atoms with E-state index in [-0.39, 0.29) is 18.1 Å². The fraction of sp³-hybridized carbons (Fsp3) is 0.500. The van der Waals surface area contributed by atoms with E-state index in [1.165, 1.54) is 0 Å². The molecule has 0 aromatic heterocycles. The summed E-state index contributed by atoms with van der Waals surface area (Å²) in [5, 5.41) is 8.71. The second-order valence-electron chi connectivity index (χ2n) is 5.61. The summed E-state index contributed by atoms with van der Waals surface area (Å²) in [5.74, 6) is -0.225. The van der Waals surface area contributed by atoms with Crippen molar-refractivity contribution >= 4 is 16.0 Å². The second-order valence-corrected chi connectivity index (χ2v) is 7.39. The van der Waals surface area contributed by atoms with Gasteiger partial charge in [0, 0.05) is 17.5 Å². The van der Waals surface area contributed by atoms with Gasteiger partial charge in [-0.05, 0) is 18.9 Å². The highest BCUT2D eigenvalue weighted by Crippen LogP contribution is 2.50. The summed E-state index contributed by atoms with van der Waals surface area (Å²) in [4.78, 5) is 10.6. The largest absolute Gasteiger partial charge is 0.486 e. The molecular weight excluding hydrogens is 310 g/mol. The standard InChI is InChI=1S/C14H17NO6S/c1-22(18,19)15-9-5-6-10-13(9)8-3-2-4-11(14(8)21-10)20-7-12(16)17/h2-4,9-10,13,15H,5-7H2,1H3,(H,16,17). The van der Waals surface area contributed by atoms with Crippen LogP contribution < -0.4 is 14.2 Å². The highest BCUT2D eigenvalue weighted by Gasteiger charge is 2.46. The highest BCUT2D eigenvalue weighted by atomic mass is 32.2. The summed E-state index contributed by atoms with van der Waals surface area (Å²) < 4.78 is 36.8. The average molecular weight is 327 g/mol. The topological polar surface area (TPSA) is 102 Å². The fourth-order valence-corrected chi connectivity index (χ4v) is 4.06. The van der Waals surface area contributed by atoms with Crippen LogP contribution in [0.4, 0.5) is 0 Å². The van der Waals surface area contributed by atoms with Crippen LogP contribution in [0.1, 0.15) is 24.3 Å². The molecule has 22 heavy (non-hydrogen) atoms. The number of carbonyl (C=O) groups is 1. The number of nitrogens with one attached hydrogen (secondary N) is 1. The zero-order valence-electron chi connectivity index (χ0n) is 12.0. The average Bonchev–Trinajstić information content (AvgIpc) is 2.95. The van der Waals surface area contributed by atoms with Crippen LogP contribution in [-0.2, 0) is 14.8 Å². The Bertz CT molecular complexity index is 701. The van der Waals surface area contributed by atoms with Crippen molar-refractivity contribution in [1.29, 1.82) is 0 Å². The van der Waals surface area contributed by atoms with Crippen LogP contribution >= 0.6 is 0 Å². The molecule has 0 saturated heterocycles. The molecule has 2 N–H and O–H groups in total. The summed E-state index contributed by atoms with van der Waals surface area (Å²) in [6, 6.07) is 5.07. The van der Waals surface area contributed by atoms with Crippen molar-refractivity contribution in [2.75, 3.05) is 12.9 Å². The Labute approximate surface area is 128 Å². The number of ether oxygens (including phenoxy) is 2. The summed E-state index contributed by atoms with van der Waals surface area (Å²) >= 11 is 0. The van der Waals surface area contributed by atoms with Crippen LogP contribution in [-0.4, -0.2) is 44.5 Å². The van der Waals surface area contributed by atoms with Crippen LogP contribution in [0.15, 0.2) is 18.2 Å². The van der Waals surface area contributed by atoms with Gasteiger partial charge in [-0.15, -0.1) is 0 Å². The van der Waals surface area contributed by atoms with E-state index in [1.807, 2.05) is 6.07 Å². The first kappa shape index (κ1) is 15.1. The Kier molecular flexibility index (Phi) is 3.73. The smallest absolute Gasteiger partial charge is 0.341 e. The van der Waals surface area contributed by atoms with Crippen LogP contribution in [0.3, 0.4) is 0 Å². The Morgan fingerprint density at radius 3 is 2.91 bits per heavy atom. The molecule has 3 atom stereocenters. The zero-order chi connectivity index (χ0) is 15.9. The van der Waals surface area contributed by atoms with Gasteiger partial charge in [0.1, 0.15) is 6.10 Å². The van der Waals surface area contributed by atoms with Crippen molar-refractivity contribution in [3.8, 4) is 11.5 Å². The first-order valence-electron chi connectivity index (χ1n) is 6.96. The van der Waals surface area contributed by atoms with E-state index in [2.05, 4.69) is 4.72 Å². The minimum absolute atomic E-state index is 0.0712. The maximum atomic E-state index is 11.5. The lowest BCUT2D eigenvalue weighted by atomic mass is 9.94. The molecule has 1 heterocycles. The molecule has 7 nitrogen and oxygen atoms in total. The van der Waals surface area contributed by atoms with Gasteiger partial charge in [-0.3, -0.25) is 0 Å². The number of hydrogen-bond acceptors (Lipinski definition) is 5. The van der Waals surface area contributed by atoms with Gasteiger partial charge in [0.25, 0.3) is 0 Å². The molecule has 1 fully saturated rings. The van der Waals surface area contributed by atoms with Crippen molar-refractivity contribution < 1.29 is 27.8 Å². The Hall–Kier alpha value is -1.80. The van der Waals surface area contributed by atoms with E-state index in [0.29, 0.717) is 17.9 Å². The molecule has 0 radical (unpaired) electrons. The van der Waals surface area contributed by atoms with E-state index < -0.39 is 22.6 Å². The minimum Gasteiger partial charge on any atom is -0.486 e. The molecule has 1 aromatic rings. The maximum absolute atomic E-state index is 11.5. The van der Waals surface area contributed by atoms with Crippen LogP contribution in [0.2, 0.25) is 0 Å². The lowest BCUT2D eigenvalue weighted by Crippen LogP contribution is -2.36. The molecule has 1 aliphatic heterocycles. The number of aliphatic carboxylic acids is 1. The second kappa shape index (κ2) is 5.44. The molecule has 1 aliphatic carbocycles. The third-order valence-electron chi connectivity index (χ3n) is 3.95. The number of fused-ring (bicyclic) bond motifs is 3. The molecule has 0 amide bonds.